The molecule has 0 aromatic heterocycles. The Balaban J connectivity index is 1.46. The van der Waals surface area contributed by atoms with E-state index < -0.39 is 23.9 Å². The van der Waals surface area contributed by atoms with Gasteiger partial charge in [0, 0.05) is 23.5 Å². The van der Waals surface area contributed by atoms with E-state index in [1.807, 2.05) is 24.3 Å². The summed E-state index contributed by atoms with van der Waals surface area (Å²) >= 11 is 0. The van der Waals surface area contributed by atoms with Gasteiger partial charge in [-0.15, -0.1) is 0 Å². The second-order valence-corrected chi connectivity index (χ2v) is 8.50. The van der Waals surface area contributed by atoms with Crippen molar-refractivity contribution in [2.45, 2.75) is 26.4 Å². The normalized spacial score (nSPS) is 13.5. The first-order valence-electron chi connectivity index (χ1n) is 10.8. The molecule has 0 spiro atoms. The molecule has 0 radical (unpaired) electrons. The largest absolute Gasteiger partial charge is 0.480 e. The predicted octanol–water partition coefficient (Wildman–Crippen LogP) is 5.20. The molecule has 1 atom stereocenters. The number of fused-ring (bicyclic) bond motifs is 1. The lowest BCUT2D eigenvalue weighted by molar-refractivity contribution is -0.144. The van der Waals surface area contributed by atoms with Gasteiger partial charge in [-0.25, -0.2) is 14.0 Å². The Hall–Kier alpha value is -4.20. The number of nitrogens with one attached hydrogen (secondary N) is 2. The Bertz CT molecular complexity index is 1260. The molecule has 174 valence electrons. The fraction of sp³-hybridized carbons (Fsp3) is 0.192. The number of hydrogen-bond acceptors (Lipinski definition) is 3. The zero-order valence-corrected chi connectivity index (χ0v) is 18.7. The van der Waals surface area contributed by atoms with Crippen LogP contribution in [0.1, 0.15) is 29.8 Å². The van der Waals surface area contributed by atoms with Crippen LogP contribution in [0.2, 0.25) is 0 Å². The first kappa shape index (κ1) is 23.0. The minimum Gasteiger partial charge on any atom is -0.480 e. The summed E-state index contributed by atoms with van der Waals surface area (Å²) in [5.41, 5.74) is 3.96. The van der Waals surface area contributed by atoms with Gasteiger partial charge in [0.05, 0.1) is 0 Å². The maximum absolute atomic E-state index is 13.3. The summed E-state index contributed by atoms with van der Waals surface area (Å²) in [7, 11) is 0. The lowest BCUT2D eigenvalue weighted by Gasteiger charge is -2.27. The highest BCUT2D eigenvalue weighted by Crippen LogP contribution is 2.31. The SMILES string of the molecule is CC(C)C(C(=O)O)N1Cc2cc(-c3ccc(NC(=O)Nc4cccc(F)c4)cc3)ccc2C1=O. The summed E-state index contributed by atoms with van der Waals surface area (Å²) in [6.45, 7) is 3.82. The van der Waals surface area contributed by atoms with Gasteiger partial charge in [0.1, 0.15) is 11.9 Å². The van der Waals surface area contributed by atoms with Crippen molar-refractivity contribution in [3.05, 3.63) is 83.7 Å². The molecule has 7 nitrogen and oxygen atoms in total. The number of nitrogens with zero attached hydrogens (tertiary/aromatic N) is 1. The van der Waals surface area contributed by atoms with Crippen molar-refractivity contribution < 1.29 is 23.9 Å². The van der Waals surface area contributed by atoms with Gasteiger partial charge in [-0.05, 0) is 65.1 Å². The number of urea groups is 1. The number of carboxylic acid groups (broad SMARTS) is 1. The predicted molar refractivity (Wildman–Crippen MR) is 127 cm³/mol. The van der Waals surface area contributed by atoms with Gasteiger partial charge in [0.2, 0.25) is 0 Å². The standard InChI is InChI=1S/C26H24FN3O4/c1-15(2)23(25(32)33)30-14-18-12-17(8-11-22(18)24(30)31)16-6-9-20(10-7-16)28-26(34)29-21-5-3-4-19(27)13-21/h3-13,15,23H,14H2,1-2H3,(H,32,33)(H2,28,29,34). The lowest BCUT2D eigenvalue weighted by atomic mass is 10.0. The van der Waals surface area contributed by atoms with E-state index in [9.17, 15) is 23.9 Å². The summed E-state index contributed by atoms with van der Waals surface area (Å²) in [5, 5.41) is 14.8. The molecule has 3 aromatic rings. The maximum atomic E-state index is 13.3. The van der Waals surface area contributed by atoms with Gasteiger partial charge in [0.25, 0.3) is 5.91 Å². The zero-order valence-electron chi connectivity index (χ0n) is 18.7. The van der Waals surface area contributed by atoms with E-state index in [4.69, 9.17) is 0 Å². The first-order chi connectivity index (χ1) is 16.2. The Kier molecular flexibility index (Phi) is 6.32. The summed E-state index contributed by atoms with van der Waals surface area (Å²) in [6, 6.07) is 16.8. The van der Waals surface area contributed by atoms with E-state index in [0.717, 1.165) is 16.7 Å². The van der Waals surface area contributed by atoms with Crippen LogP contribution in [-0.4, -0.2) is 34.0 Å². The van der Waals surface area contributed by atoms with Crippen LogP contribution in [0.5, 0.6) is 0 Å². The third kappa shape index (κ3) is 4.76. The molecular weight excluding hydrogens is 437 g/mol. The lowest BCUT2D eigenvalue weighted by Crippen LogP contribution is -2.44. The maximum Gasteiger partial charge on any atom is 0.326 e. The van der Waals surface area contributed by atoms with Gasteiger partial charge >= 0.3 is 12.0 Å². The summed E-state index contributed by atoms with van der Waals surface area (Å²) in [5.74, 6) is -1.94. The molecule has 3 N–H and O–H groups in total. The van der Waals surface area contributed by atoms with E-state index in [2.05, 4.69) is 10.6 Å². The van der Waals surface area contributed by atoms with Crippen molar-refractivity contribution in [1.29, 1.82) is 0 Å². The molecule has 1 unspecified atom stereocenters. The minimum absolute atomic E-state index is 0.214. The molecular formula is C26H24FN3O4. The van der Waals surface area contributed by atoms with Crippen LogP contribution < -0.4 is 10.6 Å². The zero-order chi connectivity index (χ0) is 24.4. The fourth-order valence-electron chi connectivity index (χ4n) is 4.13. The Morgan fingerprint density at radius 3 is 2.26 bits per heavy atom. The smallest absolute Gasteiger partial charge is 0.326 e. The van der Waals surface area contributed by atoms with E-state index in [1.165, 1.54) is 23.1 Å². The van der Waals surface area contributed by atoms with Crippen molar-refractivity contribution >= 4 is 29.3 Å². The number of benzene rings is 3. The van der Waals surface area contributed by atoms with Crippen molar-refractivity contribution in [1.82, 2.24) is 4.90 Å². The molecule has 1 aliphatic rings. The topological polar surface area (TPSA) is 98.7 Å². The average molecular weight is 461 g/mol. The van der Waals surface area contributed by atoms with Crippen LogP contribution in [-0.2, 0) is 11.3 Å². The fourth-order valence-corrected chi connectivity index (χ4v) is 4.13. The van der Waals surface area contributed by atoms with Crippen molar-refractivity contribution in [3.8, 4) is 11.1 Å². The van der Waals surface area contributed by atoms with Gasteiger partial charge in [-0.1, -0.05) is 38.1 Å². The number of hydrogen-bond donors (Lipinski definition) is 3. The highest BCUT2D eigenvalue weighted by Gasteiger charge is 2.38. The second kappa shape index (κ2) is 9.35. The molecule has 3 amide bonds. The van der Waals surface area contributed by atoms with Crippen LogP contribution in [0.25, 0.3) is 11.1 Å². The molecule has 0 aliphatic carbocycles. The van der Waals surface area contributed by atoms with Crippen LogP contribution in [0.3, 0.4) is 0 Å². The van der Waals surface area contributed by atoms with E-state index in [1.54, 1.807) is 38.1 Å². The van der Waals surface area contributed by atoms with Crippen LogP contribution in [0.4, 0.5) is 20.6 Å². The van der Waals surface area contributed by atoms with Crippen LogP contribution in [0, 0.1) is 11.7 Å². The van der Waals surface area contributed by atoms with Crippen LogP contribution >= 0.6 is 0 Å². The molecule has 1 aliphatic heterocycles. The molecule has 0 fully saturated rings. The first-order valence-corrected chi connectivity index (χ1v) is 10.8. The molecule has 0 bridgehead atoms. The number of halogens is 1. The van der Waals surface area contributed by atoms with E-state index in [0.29, 0.717) is 16.9 Å². The number of anilines is 2. The van der Waals surface area contributed by atoms with E-state index in [-0.39, 0.29) is 18.4 Å². The number of carbonyl (C=O) groups is 3. The molecule has 34 heavy (non-hydrogen) atoms. The second-order valence-electron chi connectivity index (χ2n) is 8.50. The summed E-state index contributed by atoms with van der Waals surface area (Å²) in [6.07, 6.45) is 0. The third-order valence-corrected chi connectivity index (χ3v) is 5.72. The van der Waals surface area contributed by atoms with Crippen molar-refractivity contribution in [2.75, 3.05) is 10.6 Å². The Morgan fingerprint density at radius 1 is 0.941 bits per heavy atom. The monoisotopic (exact) mass is 461 g/mol. The molecule has 0 saturated heterocycles. The van der Waals surface area contributed by atoms with Gasteiger partial charge in [-0.3, -0.25) is 4.79 Å². The van der Waals surface area contributed by atoms with Gasteiger partial charge < -0.3 is 20.6 Å². The Labute approximate surface area is 196 Å². The molecule has 3 aromatic carbocycles. The van der Waals surface area contributed by atoms with E-state index >= 15 is 0 Å². The molecule has 4 rings (SSSR count). The van der Waals surface area contributed by atoms with Gasteiger partial charge in [-0.2, -0.15) is 0 Å². The molecule has 1 heterocycles. The van der Waals surface area contributed by atoms with Gasteiger partial charge in [0.15, 0.2) is 0 Å². The number of aliphatic carboxylic acids is 1. The number of carbonyl (C=O) groups excluding carboxylic acids is 2. The number of carboxylic acids is 1. The highest BCUT2D eigenvalue weighted by atomic mass is 19.1. The Morgan fingerprint density at radius 2 is 1.62 bits per heavy atom. The highest BCUT2D eigenvalue weighted by molar-refractivity contribution is 6.01. The van der Waals surface area contributed by atoms with Crippen molar-refractivity contribution in [2.24, 2.45) is 5.92 Å². The minimum atomic E-state index is -1.01. The van der Waals surface area contributed by atoms with Crippen molar-refractivity contribution in [3.63, 3.8) is 0 Å². The quantitative estimate of drug-likeness (QED) is 0.470. The third-order valence-electron chi connectivity index (χ3n) is 5.72. The number of amides is 3. The number of rotatable bonds is 6. The average Bonchev–Trinajstić information content (AvgIpc) is 3.09. The molecule has 0 saturated carbocycles. The molecule has 8 heteroatoms. The summed E-state index contributed by atoms with van der Waals surface area (Å²) < 4.78 is 13.3. The summed E-state index contributed by atoms with van der Waals surface area (Å²) in [4.78, 5) is 38.1. The van der Waals surface area contributed by atoms with Crippen LogP contribution in [0.15, 0.2) is 66.7 Å².